The highest BCUT2D eigenvalue weighted by atomic mass is 16.5. The van der Waals surface area contributed by atoms with E-state index >= 15 is 0 Å². The number of likely N-dealkylation sites (N-methyl/N-ethyl adjacent to an activating group) is 1. The van der Waals surface area contributed by atoms with Crippen LogP contribution < -0.4 is 9.80 Å². The van der Waals surface area contributed by atoms with E-state index in [0.29, 0.717) is 44.8 Å². The highest BCUT2D eigenvalue weighted by molar-refractivity contribution is 5.93. The standard InChI is InChI=1S/C20H30N2O3/c1-6-20(24)22(7-2,15-16(4)5)18-11-9-10-17(14-18)21-19(23)12-13-25-8-3/h9-11,14H,4,6-8,12-13,15H2,1-3,5H3/p+1. The van der Waals surface area contributed by atoms with E-state index in [0.717, 1.165) is 11.3 Å². The SMILES string of the molecule is C=C(C)C[N+](CC)(C(=O)CC)c1cccc(NC(=O)CCOCC)c1. The minimum Gasteiger partial charge on any atom is -0.381 e. The Balaban J connectivity index is 3.07. The lowest BCUT2D eigenvalue weighted by molar-refractivity contribution is -0.129. The monoisotopic (exact) mass is 347 g/mol. The van der Waals surface area contributed by atoms with Crippen LogP contribution in [0.15, 0.2) is 36.4 Å². The molecule has 25 heavy (non-hydrogen) atoms. The van der Waals surface area contributed by atoms with Crippen molar-refractivity contribution in [2.75, 3.05) is 31.6 Å². The van der Waals surface area contributed by atoms with Gasteiger partial charge in [0, 0.05) is 18.4 Å². The predicted molar refractivity (Wildman–Crippen MR) is 103 cm³/mol. The molecule has 0 radical (unpaired) electrons. The summed E-state index contributed by atoms with van der Waals surface area (Å²) in [4.78, 5) is 24.7. The third-order valence-corrected chi connectivity index (χ3v) is 4.16. The number of hydrogen-bond donors (Lipinski definition) is 1. The molecule has 0 spiro atoms. The lowest BCUT2D eigenvalue weighted by Crippen LogP contribution is -2.54. The summed E-state index contributed by atoms with van der Waals surface area (Å²) in [6.07, 6.45) is 0.761. The number of amides is 2. The molecule has 1 aromatic rings. The Bertz CT molecular complexity index is 613. The third-order valence-electron chi connectivity index (χ3n) is 4.16. The fourth-order valence-corrected chi connectivity index (χ4v) is 2.94. The van der Waals surface area contributed by atoms with Gasteiger partial charge in [-0.1, -0.05) is 19.6 Å². The zero-order valence-electron chi connectivity index (χ0n) is 15.9. The van der Waals surface area contributed by atoms with Crippen LogP contribution in [0.1, 0.15) is 40.5 Å². The minimum absolute atomic E-state index is 0.0954. The van der Waals surface area contributed by atoms with Gasteiger partial charge in [-0.3, -0.25) is 4.79 Å². The average molecular weight is 347 g/mol. The number of hydrogen-bond acceptors (Lipinski definition) is 3. The Morgan fingerprint density at radius 2 is 1.96 bits per heavy atom. The smallest absolute Gasteiger partial charge is 0.318 e. The van der Waals surface area contributed by atoms with Crippen LogP contribution in [0.5, 0.6) is 0 Å². The maximum Gasteiger partial charge on any atom is 0.318 e. The Kier molecular flexibility index (Phi) is 8.52. The average Bonchev–Trinajstić information content (AvgIpc) is 2.59. The maximum absolute atomic E-state index is 12.7. The van der Waals surface area contributed by atoms with E-state index in [2.05, 4.69) is 11.9 Å². The minimum atomic E-state index is -0.0954. The van der Waals surface area contributed by atoms with Crippen molar-refractivity contribution in [3.63, 3.8) is 0 Å². The summed E-state index contributed by atoms with van der Waals surface area (Å²) < 4.78 is 5.43. The highest BCUT2D eigenvalue weighted by Gasteiger charge is 2.36. The Labute approximate surface area is 151 Å². The highest BCUT2D eigenvalue weighted by Crippen LogP contribution is 2.29. The van der Waals surface area contributed by atoms with Crippen molar-refractivity contribution in [2.45, 2.75) is 40.5 Å². The summed E-state index contributed by atoms with van der Waals surface area (Å²) in [6.45, 7) is 13.9. The first kappa shape index (κ1) is 21.1. The van der Waals surface area contributed by atoms with Gasteiger partial charge in [0.15, 0.2) is 0 Å². The summed E-state index contributed by atoms with van der Waals surface area (Å²) >= 11 is 0. The zero-order chi connectivity index (χ0) is 18.9. The molecule has 0 saturated heterocycles. The molecule has 2 amide bonds. The number of ether oxygens (including phenoxy) is 1. The van der Waals surface area contributed by atoms with Gasteiger partial charge >= 0.3 is 5.91 Å². The number of nitrogens with one attached hydrogen (secondary N) is 1. The van der Waals surface area contributed by atoms with Crippen LogP contribution in [0.2, 0.25) is 0 Å². The summed E-state index contributed by atoms with van der Waals surface area (Å²) in [5, 5.41) is 2.89. The number of carbonyl (C=O) groups is 2. The van der Waals surface area contributed by atoms with E-state index in [1.165, 1.54) is 0 Å². The van der Waals surface area contributed by atoms with Gasteiger partial charge in [0.25, 0.3) is 0 Å². The predicted octanol–water partition coefficient (Wildman–Crippen LogP) is 3.89. The van der Waals surface area contributed by atoms with Gasteiger partial charge in [-0.2, -0.15) is 0 Å². The van der Waals surface area contributed by atoms with E-state index in [1.807, 2.05) is 52.0 Å². The van der Waals surface area contributed by atoms with E-state index < -0.39 is 0 Å². The van der Waals surface area contributed by atoms with E-state index in [-0.39, 0.29) is 16.3 Å². The van der Waals surface area contributed by atoms with Gasteiger partial charge in [-0.05, 0) is 38.5 Å². The number of nitrogens with zero attached hydrogens (tertiary/aromatic N) is 1. The van der Waals surface area contributed by atoms with E-state index in [9.17, 15) is 9.59 Å². The maximum atomic E-state index is 12.7. The van der Waals surface area contributed by atoms with E-state index in [1.54, 1.807) is 0 Å². The van der Waals surface area contributed by atoms with Crippen LogP contribution in [-0.2, 0) is 14.3 Å². The number of benzene rings is 1. The van der Waals surface area contributed by atoms with Crippen molar-refractivity contribution in [2.24, 2.45) is 0 Å². The van der Waals surface area contributed by atoms with Crippen molar-refractivity contribution >= 4 is 23.2 Å². The van der Waals surface area contributed by atoms with Crippen LogP contribution >= 0.6 is 0 Å². The molecule has 5 heteroatoms. The molecule has 0 aliphatic rings. The molecular weight excluding hydrogens is 316 g/mol. The van der Waals surface area contributed by atoms with E-state index in [4.69, 9.17) is 4.74 Å². The number of rotatable bonds is 10. The van der Waals surface area contributed by atoms with Crippen LogP contribution in [0.25, 0.3) is 0 Å². The van der Waals surface area contributed by atoms with Crippen molar-refractivity contribution in [3.8, 4) is 0 Å². The van der Waals surface area contributed by atoms with Crippen LogP contribution in [-0.4, -0.2) is 38.1 Å². The second-order valence-electron chi connectivity index (χ2n) is 6.19. The summed E-state index contributed by atoms with van der Waals surface area (Å²) in [7, 11) is 0. The molecule has 1 atom stereocenters. The van der Waals surface area contributed by atoms with Gasteiger partial charge in [-0.15, -0.1) is 0 Å². The first-order chi connectivity index (χ1) is 11.9. The molecule has 1 N–H and O–H groups in total. The fourth-order valence-electron chi connectivity index (χ4n) is 2.94. The molecule has 0 saturated carbocycles. The number of carbonyl (C=O) groups excluding carboxylic acids is 2. The third kappa shape index (κ3) is 5.80. The first-order valence-corrected chi connectivity index (χ1v) is 8.92. The van der Waals surface area contributed by atoms with Crippen LogP contribution in [0, 0.1) is 0 Å². The van der Waals surface area contributed by atoms with Crippen molar-refractivity contribution in [1.82, 2.24) is 4.48 Å². The molecule has 1 rings (SSSR count). The fraction of sp³-hybridized carbons (Fsp3) is 0.500. The molecule has 0 aromatic heterocycles. The summed E-state index contributed by atoms with van der Waals surface area (Å²) in [6, 6.07) is 7.54. The van der Waals surface area contributed by atoms with Gasteiger partial charge in [0.2, 0.25) is 5.91 Å². The first-order valence-electron chi connectivity index (χ1n) is 8.92. The largest absolute Gasteiger partial charge is 0.381 e. The second-order valence-corrected chi connectivity index (χ2v) is 6.19. The van der Waals surface area contributed by atoms with Crippen LogP contribution in [0.4, 0.5) is 11.4 Å². The second kappa shape index (κ2) is 10.1. The Hall–Kier alpha value is -1.98. The summed E-state index contributed by atoms with van der Waals surface area (Å²) in [5.74, 6) is 0.0484. The van der Waals surface area contributed by atoms with Gasteiger partial charge in [0.05, 0.1) is 26.0 Å². The zero-order valence-corrected chi connectivity index (χ0v) is 15.9. The van der Waals surface area contributed by atoms with Crippen LogP contribution in [0.3, 0.4) is 0 Å². The van der Waals surface area contributed by atoms with Gasteiger partial charge in [0.1, 0.15) is 12.2 Å². The van der Waals surface area contributed by atoms with Gasteiger partial charge < -0.3 is 10.1 Å². The molecule has 0 heterocycles. The number of anilines is 1. The Morgan fingerprint density at radius 3 is 2.52 bits per heavy atom. The summed E-state index contributed by atoms with van der Waals surface area (Å²) in [5.41, 5.74) is 2.52. The molecule has 0 fully saturated rings. The molecular formula is C20H31N2O3+. The molecule has 0 aliphatic carbocycles. The van der Waals surface area contributed by atoms with Gasteiger partial charge in [-0.25, -0.2) is 9.28 Å². The Morgan fingerprint density at radius 1 is 1.24 bits per heavy atom. The quantitative estimate of drug-likeness (QED) is 0.397. The topological polar surface area (TPSA) is 55.4 Å². The molecule has 0 aliphatic heterocycles. The lowest BCUT2D eigenvalue weighted by Gasteiger charge is -2.34. The molecule has 0 bridgehead atoms. The molecule has 1 unspecified atom stereocenters. The lowest BCUT2D eigenvalue weighted by atomic mass is 10.1. The normalized spacial score (nSPS) is 13.1. The molecule has 1 aromatic carbocycles. The van der Waals surface area contributed by atoms with Crippen molar-refractivity contribution in [3.05, 3.63) is 36.4 Å². The molecule has 138 valence electrons. The van der Waals surface area contributed by atoms with Crippen molar-refractivity contribution < 1.29 is 14.3 Å². The number of quaternary nitrogens is 1. The van der Waals surface area contributed by atoms with Crippen molar-refractivity contribution in [1.29, 1.82) is 0 Å². The molecule has 5 nitrogen and oxygen atoms in total.